The van der Waals surface area contributed by atoms with Gasteiger partial charge in [-0.05, 0) is 30.2 Å². The average molecular weight is 442 g/mol. The van der Waals surface area contributed by atoms with E-state index in [0.29, 0.717) is 31.0 Å². The van der Waals surface area contributed by atoms with E-state index in [1.165, 1.54) is 12.1 Å². The van der Waals surface area contributed by atoms with E-state index in [9.17, 15) is 24.2 Å². The monoisotopic (exact) mass is 442 g/mol. The molecule has 170 valence electrons. The molecular weight excluding hydrogens is 415 g/mol. The molecule has 0 spiro atoms. The Morgan fingerprint density at radius 2 is 1.88 bits per heavy atom. The number of nitrogens with zero attached hydrogens (tertiary/aromatic N) is 1. The molecule has 1 fully saturated rings. The van der Waals surface area contributed by atoms with Crippen LogP contribution in [0.4, 0.5) is 10.1 Å². The number of aliphatic hydroxyl groups excluding tert-OH is 1. The van der Waals surface area contributed by atoms with Crippen LogP contribution >= 0.6 is 0 Å². The molecule has 0 bridgehead atoms. The Bertz CT molecular complexity index is 1020. The molecule has 32 heavy (non-hydrogen) atoms. The van der Waals surface area contributed by atoms with Crippen molar-refractivity contribution in [3.05, 3.63) is 76.2 Å². The predicted molar refractivity (Wildman–Crippen MR) is 118 cm³/mol. The lowest BCUT2D eigenvalue weighted by atomic mass is 9.97. The fourth-order valence-electron chi connectivity index (χ4n) is 3.63. The topological polar surface area (TPSA) is 99.1 Å². The first-order chi connectivity index (χ1) is 15.4. The fraction of sp³-hybridized carbons (Fsp3) is 0.333. The van der Waals surface area contributed by atoms with Gasteiger partial charge in [-0.1, -0.05) is 31.2 Å². The lowest BCUT2D eigenvalue weighted by Crippen LogP contribution is -2.35. The van der Waals surface area contributed by atoms with Crippen molar-refractivity contribution >= 4 is 17.4 Å². The van der Waals surface area contributed by atoms with Crippen LogP contribution in [0.1, 0.15) is 34.8 Å². The molecular formula is C24H27FN2O5. The summed E-state index contributed by atoms with van der Waals surface area (Å²) in [5.74, 6) is -3.12. The zero-order chi connectivity index (χ0) is 23.1. The van der Waals surface area contributed by atoms with Gasteiger partial charge in [0.1, 0.15) is 11.4 Å². The molecule has 0 atom stereocenters. The molecule has 2 aromatic rings. The second-order valence-corrected chi connectivity index (χ2v) is 7.48. The van der Waals surface area contributed by atoms with Gasteiger partial charge in [-0.15, -0.1) is 0 Å². The minimum atomic E-state index is -1.45. The molecule has 1 saturated heterocycles. The number of halogens is 1. The Morgan fingerprint density at radius 1 is 1.16 bits per heavy atom. The molecule has 1 aliphatic rings. The van der Waals surface area contributed by atoms with Crippen LogP contribution in [0.5, 0.6) is 0 Å². The van der Waals surface area contributed by atoms with Crippen molar-refractivity contribution in [3.63, 3.8) is 0 Å². The second-order valence-electron chi connectivity index (χ2n) is 7.48. The third-order valence-corrected chi connectivity index (χ3v) is 5.35. The standard InChI is InChI=1S/C24H27FN2O5/c1-2-20(26-21-6-4-3-5-17(21)15-28)22(24(30)31)23(29)18-13-16(7-8-19(18)25)14-27-9-11-32-12-10-27/h3-8,13,26,28H,2,9-12,14-15H2,1H3,(H,30,31). The minimum Gasteiger partial charge on any atom is -0.477 e. The number of ketones is 1. The van der Waals surface area contributed by atoms with Crippen LogP contribution in [0.2, 0.25) is 0 Å². The van der Waals surface area contributed by atoms with E-state index in [1.54, 1.807) is 37.3 Å². The molecule has 3 rings (SSSR count). The SMILES string of the molecule is CCC(Nc1ccccc1CO)=C(C(=O)O)C(=O)c1cc(CN2CCOCC2)ccc1F. The van der Waals surface area contributed by atoms with E-state index in [2.05, 4.69) is 10.2 Å². The Morgan fingerprint density at radius 3 is 2.53 bits per heavy atom. The zero-order valence-corrected chi connectivity index (χ0v) is 17.9. The quantitative estimate of drug-likeness (QED) is 0.237. The average Bonchev–Trinajstić information content (AvgIpc) is 2.80. The first-order valence-corrected chi connectivity index (χ1v) is 10.5. The number of Topliss-reactive ketones (excluding diaryl/α,β-unsaturated/α-hetero) is 1. The number of carboxylic acids is 1. The highest BCUT2D eigenvalue weighted by Gasteiger charge is 2.26. The Hall–Kier alpha value is -3.07. The normalized spacial score (nSPS) is 15.2. The van der Waals surface area contributed by atoms with Crippen LogP contribution in [0.15, 0.2) is 53.7 Å². The van der Waals surface area contributed by atoms with Gasteiger partial charge in [-0.25, -0.2) is 9.18 Å². The van der Waals surface area contributed by atoms with Gasteiger partial charge in [0.2, 0.25) is 5.78 Å². The largest absolute Gasteiger partial charge is 0.477 e. The zero-order valence-electron chi connectivity index (χ0n) is 17.9. The maximum absolute atomic E-state index is 14.6. The van der Waals surface area contributed by atoms with Crippen molar-refractivity contribution in [2.45, 2.75) is 26.5 Å². The first kappa shape index (κ1) is 23.6. The minimum absolute atomic E-state index is 0.140. The number of para-hydroxylation sites is 1. The summed E-state index contributed by atoms with van der Waals surface area (Å²) in [6.07, 6.45) is 0.197. The Kier molecular flexibility index (Phi) is 8.10. The van der Waals surface area contributed by atoms with Gasteiger partial charge in [-0.2, -0.15) is 0 Å². The summed E-state index contributed by atoms with van der Waals surface area (Å²) in [5, 5.41) is 22.3. The van der Waals surface area contributed by atoms with Crippen molar-refractivity contribution in [2.24, 2.45) is 0 Å². The van der Waals surface area contributed by atoms with E-state index in [0.717, 1.165) is 18.7 Å². The van der Waals surface area contributed by atoms with Gasteiger partial charge in [0.25, 0.3) is 0 Å². The molecule has 2 aromatic carbocycles. The molecule has 1 aliphatic heterocycles. The summed E-state index contributed by atoms with van der Waals surface area (Å²) < 4.78 is 19.9. The molecule has 0 saturated carbocycles. The van der Waals surface area contributed by atoms with Crippen molar-refractivity contribution in [1.82, 2.24) is 4.90 Å². The molecule has 8 heteroatoms. The number of carbonyl (C=O) groups excluding carboxylic acids is 1. The number of aliphatic hydroxyl groups is 1. The van der Waals surface area contributed by atoms with Crippen LogP contribution in [0, 0.1) is 5.82 Å². The van der Waals surface area contributed by atoms with E-state index in [1.807, 2.05) is 0 Å². The van der Waals surface area contributed by atoms with Gasteiger partial charge in [0.05, 0.1) is 25.4 Å². The Balaban J connectivity index is 1.95. The van der Waals surface area contributed by atoms with Crippen molar-refractivity contribution < 1.29 is 28.9 Å². The summed E-state index contributed by atoms with van der Waals surface area (Å²) >= 11 is 0. The van der Waals surface area contributed by atoms with E-state index >= 15 is 0 Å². The third kappa shape index (κ3) is 5.59. The van der Waals surface area contributed by atoms with Gasteiger partial charge in [0, 0.05) is 36.6 Å². The number of hydrogen-bond donors (Lipinski definition) is 3. The summed E-state index contributed by atoms with van der Waals surface area (Å²) in [6.45, 7) is 4.64. The van der Waals surface area contributed by atoms with E-state index < -0.39 is 23.1 Å². The molecule has 0 aliphatic carbocycles. The number of rotatable bonds is 9. The number of ether oxygens (including phenoxy) is 1. The number of hydrogen-bond acceptors (Lipinski definition) is 6. The molecule has 0 unspecified atom stereocenters. The lowest BCUT2D eigenvalue weighted by Gasteiger charge is -2.26. The molecule has 1 heterocycles. The van der Waals surface area contributed by atoms with Crippen LogP contribution in [0.25, 0.3) is 0 Å². The third-order valence-electron chi connectivity index (χ3n) is 5.35. The predicted octanol–water partition coefficient (Wildman–Crippen LogP) is 3.19. The lowest BCUT2D eigenvalue weighted by molar-refractivity contribution is -0.132. The highest BCUT2D eigenvalue weighted by atomic mass is 19.1. The van der Waals surface area contributed by atoms with Gasteiger partial charge in [0.15, 0.2) is 0 Å². The number of allylic oxidation sites excluding steroid dienone is 1. The Labute approximate surface area is 186 Å². The van der Waals surface area contributed by atoms with Crippen molar-refractivity contribution in [3.8, 4) is 0 Å². The summed E-state index contributed by atoms with van der Waals surface area (Å²) in [6, 6.07) is 11.0. The molecule has 3 N–H and O–H groups in total. The van der Waals surface area contributed by atoms with Crippen LogP contribution in [-0.2, 0) is 22.7 Å². The number of benzene rings is 2. The van der Waals surface area contributed by atoms with Crippen LogP contribution < -0.4 is 5.32 Å². The number of morpholine rings is 1. The highest BCUT2D eigenvalue weighted by Crippen LogP contribution is 2.24. The maximum Gasteiger partial charge on any atom is 0.341 e. The number of nitrogens with one attached hydrogen (secondary N) is 1. The van der Waals surface area contributed by atoms with Gasteiger partial charge < -0.3 is 20.3 Å². The smallest absolute Gasteiger partial charge is 0.341 e. The van der Waals surface area contributed by atoms with E-state index in [-0.39, 0.29) is 24.3 Å². The first-order valence-electron chi connectivity index (χ1n) is 10.5. The highest BCUT2D eigenvalue weighted by molar-refractivity contribution is 6.24. The molecule has 0 radical (unpaired) electrons. The van der Waals surface area contributed by atoms with Crippen molar-refractivity contribution in [2.75, 3.05) is 31.6 Å². The van der Waals surface area contributed by atoms with Crippen LogP contribution in [0.3, 0.4) is 0 Å². The summed E-state index contributed by atoms with van der Waals surface area (Å²) in [4.78, 5) is 27.4. The number of carbonyl (C=O) groups is 2. The second kappa shape index (κ2) is 11.0. The number of carboxylic acid groups (broad SMARTS) is 1. The maximum atomic E-state index is 14.6. The summed E-state index contributed by atoms with van der Waals surface area (Å²) in [7, 11) is 0. The molecule has 7 nitrogen and oxygen atoms in total. The molecule has 0 aromatic heterocycles. The van der Waals surface area contributed by atoms with Crippen molar-refractivity contribution in [1.29, 1.82) is 0 Å². The van der Waals surface area contributed by atoms with Gasteiger partial charge in [-0.3, -0.25) is 9.69 Å². The summed E-state index contributed by atoms with van der Waals surface area (Å²) in [5.41, 5.74) is 1.09. The number of anilines is 1. The molecule has 0 amide bonds. The van der Waals surface area contributed by atoms with E-state index in [4.69, 9.17) is 4.74 Å². The van der Waals surface area contributed by atoms with Gasteiger partial charge >= 0.3 is 5.97 Å². The number of aliphatic carboxylic acids is 1. The van der Waals surface area contributed by atoms with Crippen LogP contribution in [-0.4, -0.2) is 53.2 Å². The fourth-order valence-corrected chi connectivity index (χ4v) is 3.63.